The minimum atomic E-state index is -1.12. The fraction of sp³-hybridized carbons (Fsp3) is 0.636. The summed E-state index contributed by atoms with van der Waals surface area (Å²) in [4.78, 5) is 29.2. The summed E-state index contributed by atoms with van der Waals surface area (Å²) in [7, 11) is 0. The van der Waals surface area contributed by atoms with Crippen molar-refractivity contribution in [2.75, 3.05) is 0 Å². The number of amides is 1. The zero-order valence-corrected chi connectivity index (χ0v) is 17.9. The molecule has 1 aromatic carbocycles. The van der Waals surface area contributed by atoms with E-state index in [-0.39, 0.29) is 18.1 Å². The standard InChI is InChI=1S/C22H32N4O3/c1-5-17(21(2,3)4)24-19(27)18(25-26-23)22(13-9-10-14-22)20(28)29-15-16-11-7-6-8-12-16/h6-8,11-12,17-18H,5,9-10,13-15H2,1-4H3,(H,24,27)/t17-,18-/m1/s1. The molecular weight excluding hydrogens is 368 g/mol. The first-order valence-corrected chi connectivity index (χ1v) is 10.3. The third-order valence-corrected chi connectivity index (χ3v) is 5.82. The molecule has 0 heterocycles. The van der Waals surface area contributed by atoms with E-state index < -0.39 is 23.3 Å². The molecule has 1 aliphatic carbocycles. The van der Waals surface area contributed by atoms with Gasteiger partial charge in [0.2, 0.25) is 5.91 Å². The summed E-state index contributed by atoms with van der Waals surface area (Å²) in [6, 6.07) is 8.19. The van der Waals surface area contributed by atoms with E-state index in [1.165, 1.54) is 0 Å². The topological polar surface area (TPSA) is 104 Å². The maximum Gasteiger partial charge on any atom is 0.313 e. The van der Waals surface area contributed by atoms with Crippen molar-refractivity contribution in [3.05, 3.63) is 46.3 Å². The van der Waals surface area contributed by atoms with Crippen molar-refractivity contribution in [3.63, 3.8) is 0 Å². The Labute approximate surface area is 172 Å². The van der Waals surface area contributed by atoms with E-state index in [1.54, 1.807) is 0 Å². The van der Waals surface area contributed by atoms with Gasteiger partial charge in [-0.15, -0.1) is 0 Å². The molecule has 1 amide bonds. The molecule has 0 bridgehead atoms. The van der Waals surface area contributed by atoms with Gasteiger partial charge in [0.05, 0.1) is 5.41 Å². The lowest BCUT2D eigenvalue weighted by Crippen LogP contribution is -2.53. The first-order valence-electron chi connectivity index (χ1n) is 10.3. The lowest BCUT2D eigenvalue weighted by atomic mass is 9.77. The van der Waals surface area contributed by atoms with E-state index in [0.717, 1.165) is 24.8 Å². The van der Waals surface area contributed by atoms with Gasteiger partial charge in [0.25, 0.3) is 0 Å². The number of nitrogens with one attached hydrogen (secondary N) is 1. The summed E-state index contributed by atoms with van der Waals surface area (Å²) in [6.45, 7) is 8.26. The lowest BCUT2D eigenvalue weighted by Gasteiger charge is -2.35. The van der Waals surface area contributed by atoms with Crippen molar-refractivity contribution in [2.45, 2.75) is 78.5 Å². The Morgan fingerprint density at radius 1 is 1.24 bits per heavy atom. The molecule has 7 heteroatoms. The molecule has 7 nitrogen and oxygen atoms in total. The van der Waals surface area contributed by atoms with Gasteiger partial charge in [-0.3, -0.25) is 9.59 Å². The van der Waals surface area contributed by atoms with Crippen LogP contribution < -0.4 is 5.32 Å². The van der Waals surface area contributed by atoms with Crippen LogP contribution in [0, 0.1) is 10.8 Å². The molecule has 29 heavy (non-hydrogen) atoms. The quantitative estimate of drug-likeness (QED) is 0.290. The Bertz CT molecular complexity index is 745. The number of benzene rings is 1. The van der Waals surface area contributed by atoms with Gasteiger partial charge in [-0.05, 0) is 35.8 Å². The molecule has 1 aliphatic rings. The normalized spacial score (nSPS) is 17.7. The van der Waals surface area contributed by atoms with Crippen LogP contribution in [-0.2, 0) is 20.9 Å². The fourth-order valence-corrected chi connectivity index (χ4v) is 4.11. The molecular formula is C22H32N4O3. The van der Waals surface area contributed by atoms with Gasteiger partial charge >= 0.3 is 5.97 Å². The number of nitrogens with zero attached hydrogens (tertiary/aromatic N) is 3. The van der Waals surface area contributed by atoms with Crippen LogP contribution in [0.4, 0.5) is 0 Å². The molecule has 0 aromatic heterocycles. The van der Waals surface area contributed by atoms with Crippen LogP contribution in [-0.4, -0.2) is 24.0 Å². The molecule has 0 spiro atoms. The van der Waals surface area contributed by atoms with Gasteiger partial charge in [0, 0.05) is 11.0 Å². The maximum atomic E-state index is 13.1. The van der Waals surface area contributed by atoms with Crippen molar-refractivity contribution in [1.29, 1.82) is 0 Å². The summed E-state index contributed by atoms with van der Waals surface area (Å²) in [5, 5.41) is 6.80. The van der Waals surface area contributed by atoms with Crippen LogP contribution in [0.5, 0.6) is 0 Å². The minimum absolute atomic E-state index is 0.0924. The Kier molecular flexibility index (Phi) is 7.68. The number of azide groups is 1. The second-order valence-electron chi connectivity index (χ2n) is 8.87. The van der Waals surface area contributed by atoms with Crippen LogP contribution in [0.25, 0.3) is 10.4 Å². The highest BCUT2D eigenvalue weighted by Crippen LogP contribution is 2.44. The third kappa shape index (κ3) is 5.51. The minimum Gasteiger partial charge on any atom is -0.460 e. The van der Waals surface area contributed by atoms with Crippen molar-refractivity contribution in [3.8, 4) is 0 Å². The lowest BCUT2D eigenvalue weighted by molar-refractivity contribution is -0.160. The molecule has 1 saturated carbocycles. The van der Waals surface area contributed by atoms with Gasteiger partial charge < -0.3 is 10.1 Å². The highest BCUT2D eigenvalue weighted by atomic mass is 16.5. The maximum absolute atomic E-state index is 13.1. The Hall–Kier alpha value is -2.53. The zero-order chi connectivity index (χ0) is 21.5. The van der Waals surface area contributed by atoms with Crippen molar-refractivity contribution in [2.24, 2.45) is 15.9 Å². The third-order valence-electron chi connectivity index (χ3n) is 5.82. The van der Waals surface area contributed by atoms with Crippen LogP contribution in [0.15, 0.2) is 35.4 Å². The zero-order valence-electron chi connectivity index (χ0n) is 17.9. The fourth-order valence-electron chi connectivity index (χ4n) is 4.11. The second-order valence-corrected chi connectivity index (χ2v) is 8.87. The van der Waals surface area contributed by atoms with E-state index >= 15 is 0 Å². The smallest absolute Gasteiger partial charge is 0.313 e. The number of carbonyl (C=O) groups excluding carboxylic acids is 2. The molecule has 158 valence electrons. The van der Waals surface area contributed by atoms with Crippen LogP contribution in [0.2, 0.25) is 0 Å². The van der Waals surface area contributed by atoms with Gasteiger partial charge in [-0.25, -0.2) is 0 Å². The highest BCUT2D eigenvalue weighted by molar-refractivity contribution is 5.91. The summed E-state index contributed by atoms with van der Waals surface area (Å²) >= 11 is 0. The van der Waals surface area contributed by atoms with E-state index in [9.17, 15) is 9.59 Å². The van der Waals surface area contributed by atoms with Crippen LogP contribution in [0.1, 0.15) is 65.4 Å². The summed E-state index contributed by atoms with van der Waals surface area (Å²) in [6.07, 6.45) is 3.28. The SMILES string of the molecule is CC[C@@H](NC(=O)[C@@H](N=[N+]=[N-])C1(C(=O)OCc2ccccc2)CCCC1)C(C)(C)C. The average Bonchev–Trinajstić information content (AvgIpc) is 3.18. The second kappa shape index (κ2) is 9.79. The number of hydrogen-bond acceptors (Lipinski definition) is 4. The van der Waals surface area contributed by atoms with Gasteiger partial charge in [-0.2, -0.15) is 0 Å². The predicted molar refractivity (Wildman–Crippen MR) is 112 cm³/mol. The van der Waals surface area contributed by atoms with Gasteiger partial charge in [0.15, 0.2) is 0 Å². The molecule has 2 rings (SSSR count). The first-order chi connectivity index (χ1) is 13.7. The molecule has 0 aliphatic heterocycles. The average molecular weight is 401 g/mol. The first kappa shape index (κ1) is 22.8. The van der Waals surface area contributed by atoms with Crippen molar-refractivity contribution in [1.82, 2.24) is 5.32 Å². The molecule has 0 radical (unpaired) electrons. The summed E-state index contributed by atoms with van der Waals surface area (Å²) < 4.78 is 5.59. The number of ether oxygens (including phenoxy) is 1. The molecule has 0 unspecified atom stereocenters. The monoisotopic (exact) mass is 400 g/mol. The van der Waals surface area contributed by atoms with Crippen LogP contribution in [0.3, 0.4) is 0 Å². The number of hydrogen-bond donors (Lipinski definition) is 1. The summed E-state index contributed by atoms with van der Waals surface area (Å²) in [5.41, 5.74) is 8.74. The Balaban J connectivity index is 2.24. The van der Waals surface area contributed by atoms with E-state index in [0.29, 0.717) is 12.8 Å². The summed E-state index contributed by atoms with van der Waals surface area (Å²) in [5.74, 6) is -0.863. The molecule has 1 fully saturated rings. The number of rotatable bonds is 8. The van der Waals surface area contributed by atoms with E-state index in [1.807, 2.05) is 58.0 Å². The number of carbonyl (C=O) groups is 2. The van der Waals surface area contributed by atoms with E-state index in [4.69, 9.17) is 10.3 Å². The Morgan fingerprint density at radius 3 is 2.38 bits per heavy atom. The Morgan fingerprint density at radius 2 is 1.86 bits per heavy atom. The molecule has 2 atom stereocenters. The molecule has 0 saturated heterocycles. The molecule has 1 aromatic rings. The van der Waals surface area contributed by atoms with Crippen LogP contribution >= 0.6 is 0 Å². The van der Waals surface area contributed by atoms with Gasteiger partial charge in [0.1, 0.15) is 12.6 Å². The largest absolute Gasteiger partial charge is 0.460 e. The van der Waals surface area contributed by atoms with Gasteiger partial charge in [-0.1, -0.05) is 76.0 Å². The van der Waals surface area contributed by atoms with Crippen molar-refractivity contribution < 1.29 is 14.3 Å². The van der Waals surface area contributed by atoms with E-state index in [2.05, 4.69) is 15.3 Å². The number of esters is 1. The highest BCUT2D eigenvalue weighted by Gasteiger charge is 2.52. The predicted octanol–water partition coefficient (Wildman–Crippen LogP) is 4.91. The molecule has 1 N–H and O–H groups in total. The van der Waals surface area contributed by atoms with Crippen molar-refractivity contribution >= 4 is 11.9 Å².